The van der Waals surface area contributed by atoms with Gasteiger partial charge in [0.25, 0.3) is 0 Å². The van der Waals surface area contributed by atoms with Gasteiger partial charge in [-0.05, 0) is 62.6 Å². The number of carbonyl (C=O) groups excluding carboxylic acids is 2. The van der Waals surface area contributed by atoms with Gasteiger partial charge in [-0.3, -0.25) is 10.2 Å². The molecule has 12 heteroatoms. The van der Waals surface area contributed by atoms with E-state index >= 15 is 0 Å². The molecule has 1 N–H and O–H groups in total. The summed E-state index contributed by atoms with van der Waals surface area (Å²) in [6, 6.07) is 14.7. The molecule has 2 aromatic rings. The summed E-state index contributed by atoms with van der Waals surface area (Å²) in [7, 11) is 3.24. The largest absolute Gasteiger partial charge is 0.497 e. The van der Waals surface area contributed by atoms with Crippen LogP contribution in [-0.2, 0) is 41.7 Å². The minimum atomic E-state index is -0.888. The first-order valence-electron chi connectivity index (χ1n) is 15.7. The van der Waals surface area contributed by atoms with E-state index in [-0.39, 0.29) is 13.2 Å². The fourth-order valence-corrected chi connectivity index (χ4v) is 6.53. The molecular weight excluding hydrogens is 612 g/mol. The van der Waals surface area contributed by atoms with E-state index in [0.717, 1.165) is 41.8 Å². The van der Waals surface area contributed by atoms with Crippen molar-refractivity contribution in [3.05, 3.63) is 59.7 Å². The molecule has 2 saturated heterocycles. The van der Waals surface area contributed by atoms with E-state index in [1.807, 2.05) is 69.3 Å². The summed E-state index contributed by atoms with van der Waals surface area (Å²) in [6.45, 7) is 9.40. The molecule has 2 heterocycles. The minimum Gasteiger partial charge on any atom is -0.497 e. The van der Waals surface area contributed by atoms with Crippen LogP contribution >= 0.6 is 11.8 Å². The Hall–Kier alpha value is -2.87. The average molecular weight is 661 g/mol. The van der Waals surface area contributed by atoms with Crippen molar-refractivity contribution in [3.8, 4) is 11.5 Å². The average Bonchev–Trinajstić information content (AvgIpc) is 3.47. The highest BCUT2D eigenvalue weighted by atomic mass is 32.2. The van der Waals surface area contributed by atoms with Gasteiger partial charge >= 0.3 is 6.09 Å². The molecule has 1 amide bonds. The Morgan fingerprint density at radius 2 is 1.52 bits per heavy atom. The maximum atomic E-state index is 13.4. The number of amides is 1. The maximum Gasteiger partial charge on any atom is 0.412 e. The Kier molecular flexibility index (Phi) is 13.6. The number of unbranched alkanes of at least 4 members (excludes halogenated alkanes) is 1. The first-order chi connectivity index (χ1) is 22.1. The Labute approximate surface area is 276 Å². The first kappa shape index (κ1) is 36.0. The molecule has 1 unspecified atom stereocenters. The lowest BCUT2D eigenvalue weighted by Crippen LogP contribution is -2.62. The SMILES string of the molecule is CCCCOCCN(C(=O)OC(C)(C)C)C1N[C@@H]2[C@@H](OCc3ccc(OC)cc3)[C@H](OCc3ccc(OC)cc3)[C@@H](C=O)O[C@@H]2S1. The zero-order chi connectivity index (χ0) is 33.1. The standard InChI is InChI=1S/C34H48N2O9S/c1-7-8-18-41-19-17-36(33(38)45-34(2,3)4)32-35-28-30(43-22-24-11-15-26(40-6)16-12-24)29(27(20-37)44-31(28)46-32)42-21-23-9-13-25(39-5)14-10-23/h9-16,20,27-32,35H,7-8,17-19,21-22H2,1-6H3/t27-,28-,29-,30-,31-,32?/m1/s1. The van der Waals surface area contributed by atoms with Gasteiger partial charge in [0.15, 0.2) is 6.29 Å². The first-order valence-corrected chi connectivity index (χ1v) is 16.7. The van der Waals surface area contributed by atoms with E-state index in [1.165, 1.54) is 11.8 Å². The second-order valence-electron chi connectivity index (χ2n) is 12.2. The maximum absolute atomic E-state index is 13.4. The van der Waals surface area contributed by atoms with Crippen LogP contribution in [0.2, 0.25) is 0 Å². The number of thioether (sulfide) groups is 1. The number of nitrogens with one attached hydrogen (secondary N) is 1. The summed E-state index contributed by atoms with van der Waals surface area (Å²) in [4.78, 5) is 27.5. The smallest absolute Gasteiger partial charge is 0.412 e. The second kappa shape index (κ2) is 17.3. The van der Waals surface area contributed by atoms with Crippen molar-refractivity contribution in [1.82, 2.24) is 10.2 Å². The molecule has 254 valence electrons. The van der Waals surface area contributed by atoms with Gasteiger partial charge in [-0.15, -0.1) is 0 Å². The third-order valence-electron chi connectivity index (χ3n) is 7.55. The highest BCUT2D eigenvalue weighted by molar-refractivity contribution is 8.00. The molecule has 0 aliphatic carbocycles. The third-order valence-corrected chi connectivity index (χ3v) is 8.87. The number of ether oxygens (including phenoxy) is 7. The molecule has 2 fully saturated rings. The Balaban J connectivity index is 1.56. The molecule has 2 aromatic carbocycles. The predicted octanol–water partition coefficient (Wildman–Crippen LogP) is 5.14. The molecule has 0 spiro atoms. The Morgan fingerprint density at radius 3 is 2.04 bits per heavy atom. The molecule has 0 radical (unpaired) electrons. The van der Waals surface area contributed by atoms with Gasteiger partial charge in [0.2, 0.25) is 0 Å². The number of rotatable bonds is 16. The van der Waals surface area contributed by atoms with E-state index in [2.05, 4.69) is 12.2 Å². The lowest BCUT2D eigenvalue weighted by Gasteiger charge is -2.41. The summed E-state index contributed by atoms with van der Waals surface area (Å²) in [5.41, 5.74) is 0.152. The van der Waals surface area contributed by atoms with Gasteiger partial charge in [-0.2, -0.15) is 0 Å². The fourth-order valence-electron chi connectivity index (χ4n) is 5.11. The van der Waals surface area contributed by atoms with Crippen molar-refractivity contribution in [3.63, 3.8) is 0 Å². The van der Waals surface area contributed by atoms with Crippen LogP contribution in [0.4, 0.5) is 4.79 Å². The quantitative estimate of drug-likeness (QED) is 0.191. The molecule has 0 saturated carbocycles. The monoisotopic (exact) mass is 660 g/mol. The van der Waals surface area contributed by atoms with Crippen molar-refractivity contribution >= 4 is 24.1 Å². The van der Waals surface area contributed by atoms with E-state index in [1.54, 1.807) is 19.1 Å². The van der Waals surface area contributed by atoms with E-state index in [4.69, 9.17) is 33.2 Å². The topological polar surface area (TPSA) is 114 Å². The van der Waals surface area contributed by atoms with Crippen molar-refractivity contribution in [2.75, 3.05) is 34.0 Å². The predicted molar refractivity (Wildman–Crippen MR) is 175 cm³/mol. The molecule has 0 aromatic heterocycles. The Bertz CT molecular complexity index is 1220. The lowest BCUT2D eigenvalue weighted by atomic mass is 9.97. The van der Waals surface area contributed by atoms with E-state index in [0.29, 0.717) is 19.8 Å². The molecule has 46 heavy (non-hydrogen) atoms. The highest BCUT2D eigenvalue weighted by Gasteiger charge is 2.53. The zero-order valence-electron chi connectivity index (χ0n) is 27.6. The van der Waals surface area contributed by atoms with Crippen LogP contribution in [0.5, 0.6) is 11.5 Å². The van der Waals surface area contributed by atoms with Gasteiger partial charge in [-0.1, -0.05) is 49.4 Å². The van der Waals surface area contributed by atoms with Crippen LogP contribution in [0.15, 0.2) is 48.5 Å². The number of aldehydes is 1. The van der Waals surface area contributed by atoms with Crippen LogP contribution in [0.1, 0.15) is 51.7 Å². The van der Waals surface area contributed by atoms with Crippen LogP contribution < -0.4 is 14.8 Å². The summed E-state index contributed by atoms with van der Waals surface area (Å²) in [5.74, 6) is 1.48. The summed E-state index contributed by atoms with van der Waals surface area (Å²) in [5, 5.41) is 3.55. The van der Waals surface area contributed by atoms with Crippen molar-refractivity contribution in [1.29, 1.82) is 0 Å². The van der Waals surface area contributed by atoms with Crippen LogP contribution in [0, 0.1) is 0 Å². The van der Waals surface area contributed by atoms with E-state index in [9.17, 15) is 9.59 Å². The molecular formula is C34H48N2O9S. The molecule has 11 nitrogen and oxygen atoms in total. The van der Waals surface area contributed by atoms with E-state index < -0.39 is 47.0 Å². The van der Waals surface area contributed by atoms with Gasteiger partial charge in [0, 0.05) is 13.2 Å². The number of nitrogens with zero attached hydrogens (tertiary/aromatic N) is 1. The number of hydrogen-bond acceptors (Lipinski definition) is 11. The van der Waals surface area contributed by atoms with Gasteiger partial charge in [0.1, 0.15) is 46.3 Å². The minimum absolute atomic E-state index is 0.234. The number of carbonyl (C=O) groups is 2. The molecule has 0 bridgehead atoms. The molecule has 2 aliphatic heterocycles. The van der Waals surface area contributed by atoms with Crippen LogP contribution in [0.25, 0.3) is 0 Å². The Morgan fingerprint density at radius 1 is 0.935 bits per heavy atom. The summed E-state index contributed by atoms with van der Waals surface area (Å²) in [6.07, 6.45) is 0.0599. The van der Waals surface area contributed by atoms with Gasteiger partial charge in [-0.25, -0.2) is 4.79 Å². The normalized spacial score (nSPS) is 24.2. The second-order valence-corrected chi connectivity index (χ2v) is 13.4. The van der Waals surface area contributed by atoms with Gasteiger partial charge in [0.05, 0.1) is 40.1 Å². The van der Waals surface area contributed by atoms with Crippen LogP contribution in [0.3, 0.4) is 0 Å². The molecule has 6 atom stereocenters. The highest BCUT2D eigenvalue weighted by Crippen LogP contribution is 2.40. The lowest BCUT2D eigenvalue weighted by molar-refractivity contribution is -0.197. The zero-order valence-corrected chi connectivity index (χ0v) is 28.5. The number of benzene rings is 2. The summed E-state index contributed by atoms with van der Waals surface area (Å²) < 4.78 is 41.4. The van der Waals surface area contributed by atoms with Crippen molar-refractivity contribution in [2.45, 2.75) is 94.6 Å². The van der Waals surface area contributed by atoms with Crippen molar-refractivity contribution in [2.24, 2.45) is 0 Å². The van der Waals surface area contributed by atoms with Crippen LogP contribution in [-0.4, -0.2) is 92.1 Å². The number of fused-ring (bicyclic) bond motifs is 1. The van der Waals surface area contributed by atoms with Crippen molar-refractivity contribution < 1.29 is 42.7 Å². The number of methoxy groups -OCH3 is 2. The fraction of sp³-hybridized carbons (Fsp3) is 0.588. The molecule has 4 rings (SSSR count). The third kappa shape index (κ3) is 10.1. The number of hydrogen-bond donors (Lipinski definition) is 1. The molecule has 2 aliphatic rings. The summed E-state index contributed by atoms with van der Waals surface area (Å²) >= 11 is 1.41. The van der Waals surface area contributed by atoms with Gasteiger partial charge < -0.3 is 38.0 Å².